The van der Waals surface area contributed by atoms with E-state index in [0.717, 1.165) is 35.2 Å². The molecule has 7 heteroatoms. The summed E-state index contributed by atoms with van der Waals surface area (Å²) >= 11 is 3.55. The molecule has 3 rings (SSSR count). The summed E-state index contributed by atoms with van der Waals surface area (Å²) in [5, 5.41) is 4.21. The molecule has 2 atom stereocenters. The minimum absolute atomic E-state index is 0.0191. The zero-order valence-corrected chi connectivity index (χ0v) is 13.6. The molecule has 21 heavy (non-hydrogen) atoms. The standard InChI is InChI=1S/C14H17BrN4O2/c1-9-7-10(14(20)21-2)3-5-18(9)13-12-11(15)4-6-19(12)17-8-16-13/h4,6,8-10H,3,5,7H2,1-2H3/t9-,10-/m0/s1. The van der Waals surface area contributed by atoms with Gasteiger partial charge in [-0.05, 0) is 41.8 Å². The second-order valence-corrected chi connectivity index (χ2v) is 6.18. The second-order valence-electron chi connectivity index (χ2n) is 5.33. The van der Waals surface area contributed by atoms with Gasteiger partial charge in [0.2, 0.25) is 0 Å². The Kier molecular flexibility index (Phi) is 3.84. The third-order valence-electron chi connectivity index (χ3n) is 4.07. The normalized spacial score (nSPS) is 22.5. The number of fused-ring (bicyclic) bond motifs is 1. The molecule has 0 saturated carbocycles. The smallest absolute Gasteiger partial charge is 0.308 e. The van der Waals surface area contributed by atoms with Crippen molar-refractivity contribution in [1.29, 1.82) is 0 Å². The van der Waals surface area contributed by atoms with Crippen molar-refractivity contribution in [2.75, 3.05) is 18.6 Å². The van der Waals surface area contributed by atoms with Crippen LogP contribution < -0.4 is 4.90 Å². The predicted octanol–water partition coefficient (Wildman–Crippen LogP) is 2.27. The molecule has 1 saturated heterocycles. The highest BCUT2D eigenvalue weighted by Gasteiger charge is 2.32. The van der Waals surface area contributed by atoms with Crippen LogP contribution in [0.1, 0.15) is 19.8 Å². The zero-order valence-electron chi connectivity index (χ0n) is 12.0. The number of esters is 1. The van der Waals surface area contributed by atoms with E-state index in [1.807, 2.05) is 16.8 Å². The molecule has 6 nitrogen and oxygen atoms in total. The average molecular weight is 353 g/mol. The zero-order chi connectivity index (χ0) is 15.0. The number of aromatic nitrogens is 3. The fourth-order valence-corrected chi connectivity index (χ4v) is 3.46. The fraction of sp³-hybridized carbons (Fsp3) is 0.500. The molecule has 1 fully saturated rings. The Labute approximate surface area is 131 Å². The van der Waals surface area contributed by atoms with E-state index >= 15 is 0 Å². The highest BCUT2D eigenvalue weighted by molar-refractivity contribution is 9.10. The Morgan fingerprint density at radius 3 is 3.05 bits per heavy atom. The van der Waals surface area contributed by atoms with E-state index in [4.69, 9.17) is 4.74 Å². The molecular formula is C14H17BrN4O2. The van der Waals surface area contributed by atoms with Crippen molar-refractivity contribution in [2.45, 2.75) is 25.8 Å². The van der Waals surface area contributed by atoms with Crippen LogP contribution in [0.2, 0.25) is 0 Å². The number of carbonyl (C=O) groups is 1. The molecule has 112 valence electrons. The summed E-state index contributed by atoms with van der Waals surface area (Å²) < 4.78 is 7.64. The molecule has 0 spiro atoms. The van der Waals surface area contributed by atoms with Crippen molar-refractivity contribution in [3.8, 4) is 0 Å². The Hall–Kier alpha value is -1.63. The molecule has 0 aromatic carbocycles. The minimum atomic E-state index is -0.113. The minimum Gasteiger partial charge on any atom is -0.469 e. The first-order valence-electron chi connectivity index (χ1n) is 6.94. The van der Waals surface area contributed by atoms with Gasteiger partial charge in [-0.15, -0.1) is 0 Å². The van der Waals surface area contributed by atoms with Crippen LogP contribution >= 0.6 is 15.9 Å². The lowest BCUT2D eigenvalue weighted by Gasteiger charge is -2.37. The van der Waals surface area contributed by atoms with Crippen molar-refractivity contribution >= 4 is 33.2 Å². The summed E-state index contributed by atoms with van der Waals surface area (Å²) in [7, 11) is 1.45. The van der Waals surface area contributed by atoms with Crippen LogP contribution in [0.3, 0.4) is 0 Å². The monoisotopic (exact) mass is 352 g/mol. The lowest BCUT2D eigenvalue weighted by molar-refractivity contribution is -0.146. The summed E-state index contributed by atoms with van der Waals surface area (Å²) in [5.74, 6) is 0.769. The lowest BCUT2D eigenvalue weighted by atomic mass is 9.91. The molecule has 2 aromatic rings. The second kappa shape index (κ2) is 5.63. The summed E-state index contributed by atoms with van der Waals surface area (Å²) in [6.07, 6.45) is 5.02. The van der Waals surface area contributed by atoms with Gasteiger partial charge in [0.15, 0.2) is 5.82 Å². The van der Waals surface area contributed by atoms with E-state index in [2.05, 4.69) is 37.8 Å². The molecule has 1 aliphatic rings. The summed E-state index contributed by atoms with van der Waals surface area (Å²) in [6, 6.07) is 2.18. The Morgan fingerprint density at radius 1 is 1.52 bits per heavy atom. The van der Waals surface area contributed by atoms with Gasteiger partial charge in [-0.2, -0.15) is 5.10 Å². The molecule has 0 unspecified atom stereocenters. The van der Waals surface area contributed by atoms with E-state index in [-0.39, 0.29) is 17.9 Å². The average Bonchev–Trinajstić information content (AvgIpc) is 2.88. The molecule has 0 bridgehead atoms. The van der Waals surface area contributed by atoms with Gasteiger partial charge in [0.1, 0.15) is 11.8 Å². The molecule has 3 heterocycles. The van der Waals surface area contributed by atoms with Gasteiger partial charge in [-0.25, -0.2) is 9.50 Å². The van der Waals surface area contributed by atoms with Gasteiger partial charge < -0.3 is 9.64 Å². The van der Waals surface area contributed by atoms with Crippen molar-refractivity contribution in [3.05, 3.63) is 23.1 Å². The summed E-state index contributed by atoms with van der Waals surface area (Å²) in [5.41, 5.74) is 0.959. The van der Waals surface area contributed by atoms with Crippen molar-refractivity contribution in [2.24, 2.45) is 5.92 Å². The Bertz CT molecular complexity index is 672. The number of piperidine rings is 1. The largest absolute Gasteiger partial charge is 0.469 e. The summed E-state index contributed by atoms with van der Waals surface area (Å²) in [6.45, 7) is 2.90. The van der Waals surface area contributed by atoms with Crippen LogP contribution in [-0.4, -0.2) is 40.3 Å². The lowest BCUT2D eigenvalue weighted by Crippen LogP contribution is -2.43. The molecule has 1 aliphatic heterocycles. The maximum absolute atomic E-state index is 11.7. The van der Waals surface area contributed by atoms with Crippen LogP contribution in [0, 0.1) is 5.92 Å². The van der Waals surface area contributed by atoms with Gasteiger partial charge in [0, 0.05) is 23.3 Å². The number of halogens is 1. The third kappa shape index (κ3) is 2.50. The Morgan fingerprint density at radius 2 is 2.33 bits per heavy atom. The number of rotatable bonds is 2. The predicted molar refractivity (Wildman–Crippen MR) is 82.2 cm³/mol. The third-order valence-corrected chi connectivity index (χ3v) is 4.71. The number of methoxy groups -OCH3 is 1. The number of nitrogens with zero attached hydrogens (tertiary/aromatic N) is 4. The molecule has 2 aromatic heterocycles. The van der Waals surface area contributed by atoms with E-state index in [1.165, 1.54) is 7.11 Å². The SMILES string of the molecule is COC(=O)[C@H]1CCN(c2ncnn3ccc(Br)c23)[C@@H](C)C1. The van der Waals surface area contributed by atoms with Gasteiger partial charge in [-0.1, -0.05) is 0 Å². The number of anilines is 1. The van der Waals surface area contributed by atoms with Crippen molar-refractivity contribution < 1.29 is 9.53 Å². The number of hydrogen-bond acceptors (Lipinski definition) is 5. The van der Waals surface area contributed by atoms with Gasteiger partial charge in [0.25, 0.3) is 0 Å². The molecule has 0 radical (unpaired) electrons. The first kappa shape index (κ1) is 14.3. The first-order valence-corrected chi connectivity index (χ1v) is 7.73. The number of hydrogen-bond donors (Lipinski definition) is 0. The Balaban J connectivity index is 1.90. The molecule has 0 amide bonds. The maximum atomic E-state index is 11.7. The molecule has 0 N–H and O–H groups in total. The van der Waals surface area contributed by atoms with Crippen molar-refractivity contribution in [3.63, 3.8) is 0 Å². The topological polar surface area (TPSA) is 59.7 Å². The summed E-state index contributed by atoms with van der Waals surface area (Å²) in [4.78, 5) is 18.4. The quantitative estimate of drug-likeness (QED) is 0.776. The van der Waals surface area contributed by atoms with E-state index < -0.39 is 0 Å². The van der Waals surface area contributed by atoms with Crippen LogP contribution in [0.4, 0.5) is 5.82 Å². The molecule has 0 aliphatic carbocycles. The maximum Gasteiger partial charge on any atom is 0.308 e. The van der Waals surface area contributed by atoms with Gasteiger partial charge in [-0.3, -0.25) is 4.79 Å². The van der Waals surface area contributed by atoms with E-state index in [0.29, 0.717) is 0 Å². The van der Waals surface area contributed by atoms with Crippen LogP contribution in [-0.2, 0) is 9.53 Å². The van der Waals surface area contributed by atoms with E-state index in [1.54, 1.807) is 6.33 Å². The van der Waals surface area contributed by atoms with Crippen molar-refractivity contribution in [1.82, 2.24) is 14.6 Å². The van der Waals surface area contributed by atoms with Gasteiger partial charge >= 0.3 is 5.97 Å². The van der Waals surface area contributed by atoms with Crippen LogP contribution in [0.15, 0.2) is 23.1 Å². The van der Waals surface area contributed by atoms with E-state index in [9.17, 15) is 4.79 Å². The first-order chi connectivity index (χ1) is 10.1. The highest BCUT2D eigenvalue weighted by atomic mass is 79.9. The number of carbonyl (C=O) groups excluding carboxylic acids is 1. The van der Waals surface area contributed by atoms with Crippen LogP contribution in [0.5, 0.6) is 0 Å². The fourth-order valence-electron chi connectivity index (χ4n) is 2.98. The van der Waals surface area contributed by atoms with Crippen LogP contribution in [0.25, 0.3) is 5.52 Å². The number of ether oxygens (including phenoxy) is 1. The highest BCUT2D eigenvalue weighted by Crippen LogP contribution is 2.32. The molecular weight excluding hydrogens is 336 g/mol. The van der Waals surface area contributed by atoms with Gasteiger partial charge in [0.05, 0.1) is 13.0 Å².